The van der Waals surface area contributed by atoms with Gasteiger partial charge in [0.05, 0.1) is 4.92 Å². The predicted octanol–water partition coefficient (Wildman–Crippen LogP) is 2.11. The molecule has 23 heavy (non-hydrogen) atoms. The molecule has 0 aromatic carbocycles. The monoisotopic (exact) mass is 385 g/mol. The van der Waals surface area contributed by atoms with Crippen LogP contribution in [0.5, 0.6) is 0 Å². The van der Waals surface area contributed by atoms with Crippen LogP contribution in [0.25, 0.3) is 0 Å². The van der Waals surface area contributed by atoms with E-state index in [1.807, 2.05) is 0 Å². The highest BCUT2D eigenvalue weighted by Crippen LogP contribution is 2.35. The molecule has 0 atom stereocenters. The Labute approximate surface area is 142 Å². The zero-order valence-corrected chi connectivity index (χ0v) is 15.0. The van der Waals surface area contributed by atoms with Gasteiger partial charge in [-0.3, -0.25) is 10.1 Å². The molecule has 1 aromatic heterocycles. The van der Waals surface area contributed by atoms with Gasteiger partial charge >= 0.3 is 6.09 Å². The Morgan fingerprint density at radius 2 is 2.04 bits per heavy atom. The van der Waals surface area contributed by atoms with Crippen LogP contribution in [-0.2, 0) is 14.8 Å². The molecule has 0 aliphatic carbocycles. The number of rotatable bonds is 6. The van der Waals surface area contributed by atoms with E-state index in [-0.39, 0.29) is 21.6 Å². The second-order valence-corrected chi connectivity index (χ2v) is 8.96. The van der Waals surface area contributed by atoms with Crippen LogP contribution in [0.1, 0.15) is 20.8 Å². The highest BCUT2D eigenvalue weighted by molar-refractivity contribution is 7.91. The second kappa shape index (κ2) is 7.43. The van der Waals surface area contributed by atoms with Crippen molar-refractivity contribution in [1.29, 1.82) is 0 Å². The molecule has 0 radical (unpaired) electrons. The van der Waals surface area contributed by atoms with Crippen molar-refractivity contribution in [3.05, 3.63) is 20.5 Å². The fraction of sp³-hybridized carbons (Fsp3) is 0.545. The molecule has 0 bridgehead atoms. The van der Waals surface area contributed by atoms with E-state index in [1.54, 1.807) is 20.8 Å². The average Bonchev–Trinajstić information content (AvgIpc) is 2.75. The molecule has 1 heterocycles. The van der Waals surface area contributed by atoms with E-state index in [4.69, 9.17) is 16.3 Å². The third-order valence-corrected chi connectivity index (χ3v) is 5.47. The van der Waals surface area contributed by atoms with Crippen molar-refractivity contribution in [2.24, 2.45) is 0 Å². The number of carbonyl (C=O) groups is 1. The topological polar surface area (TPSA) is 128 Å². The van der Waals surface area contributed by atoms with E-state index in [1.165, 1.54) is 0 Å². The van der Waals surface area contributed by atoms with E-state index >= 15 is 0 Å². The number of amides is 1. The standard InChI is InChI=1S/C11H16ClN3O6S2/c1-11(2,3)21-10(16)13-4-5-14-23(19,20)8-6-7(15(17)18)9(12)22-8/h6,14H,4-5H2,1-3H3,(H,13,16). The minimum Gasteiger partial charge on any atom is -0.444 e. The van der Waals surface area contributed by atoms with Crippen LogP contribution in [0.2, 0.25) is 4.34 Å². The van der Waals surface area contributed by atoms with Crippen LogP contribution in [0, 0.1) is 10.1 Å². The van der Waals surface area contributed by atoms with Gasteiger partial charge in [-0.2, -0.15) is 0 Å². The van der Waals surface area contributed by atoms with Crippen molar-refractivity contribution in [1.82, 2.24) is 10.0 Å². The van der Waals surface area contributed by atoms with Crippen molar-refractivity contribution in [2.45, 2.75) is 30.6 Å². The average molecular weight is 386 g/mol. The van der Waals surface area contributed by atoms with Gasteiger partial charge in [-0.1, -0.05) is 11.6 Å². The van der Waals surface area contributed by atoms with Crippen molar-refractivity contribution >= 4 is 44.7 Å². The van der Waals surface area contributed by atoms with Gasteiger partial charge in [0, 0.05) is 19.2 Å². The smallest absolute Gasteiger partial charge is 0.407 e. The summed E-state index contributed by atoms with van der Waals surface area (Å²) in [4.78, 5) is 21.3. The quantitative estimate of drug-likeness (QED) is 0.438. The molecule has 0 saturated carbocycles. The summed E-state index contributed by atoms with van der Waals surface area (Å²) in [6, 6.07) is 0.886. The molecule has 1 rings (SSSR count). The number of alkyl carbamates (subject to hydrolysis) is 1. The lowest BCUT2D eigenvalue weighted by Gasteiger charge is -2.19. The number of nitrogens with one attached hydrogen (secondary N) is 2. The van der Waals surface area contributed by atoms with Gasteiger partial charge in [0.1, 0.15) is 9.81 Å². The first-order valence-electron chi connectivity index (χ1n) is 6.32. The first kappa shape index (κ1) is 19.6. The van der Waals surface area contributed by atoms with E-state index in [9.17, 15) is 23.3 Å². The van der Waals surface area contributed by atoms with Crippen LogP contribution < -0.4 is 10.0 Å². The van der Waals surface area contributed by atoms with Crippen molar-refractivity contribution in [3.63, 3.8) is 0 Å². The summed E-state index contributed by atoms with van der Waals surface area (Å²) in [6.45, 7) is 4.98. The van der Waals surface area contributed by atoms with Crippen LogP contribution in [0.3, 0.4) is 0 Å². The maximum Gasteiger partial charge on any atom is 0.407 e. The summed E-state index contributed by atoms with van der Waals surface area (Å²) in [5, 5.41) is 13.0. The molecule has 130 valence electrons. The predicted molar refractivity (Wildman–Crippen MR) is 85.4 cm³/mol. The Morgan fingerprint density at radius 3 is 2.52 bits per heavy atom. The zero-order valence-electron chi connectivity index (χ0n) is 12.6. The molecular weight excluding hydrogens is 370 g/mol. The Morgan fingerprint density at radius 1 is 1.43 bits per heavy atom. The van der Waals surface area contributed by atoms with Gasteiger partial charge in [-0.25, -0.2) is 17.9 Å². The van der Waals surface area contributed by atoms with Crippen molar-refractivity contribution < 1.29 is 22.9 Å². The van der Waals surface area contributed by atoms with Crippen molar-refractivity contribution in [3.8, 4) is 0 Å². The number of thiophene rings is 1. The van der Waals surface area contributed by atoms with Gasteiger partial charge in [0.25, 0.3) is 5.69 Å². The SMILES string of the molecule is CC(C)(C)OC(=O)NCCNS(=O)(=O)c1cc([N+](=O)[O-])c(Cl)s1. The molecule has 0 unspecified atom stereocenters. The highest BCUT2D eigenvalue weighted by Gasteiger charge is 2.25. The molecule has 0 fully saturated rings. The fourth-order valence-electron chi connectivity index (χ4n) is 1.33. The molecule has 0 aliphatic rings. The number of ether oxygens (including phenoxy) is 1. The molecule has 0 spiro atoms. The molecule has 1 aromatic rings. The number of carbonyl (C=O) groups excluding carboxylic acids is 1. The van der Waals surface area contributed by atoms with E-state index in [2.05, 4.69) is 10.0 Å². The Bertz CT molecular complexity index is 695. The number of sulfonamides is 1. The minimum absolute atomic E-state index is 0.00462. The largest absolute Gasteiger partial charge is 0.444 e. The number of nitrogens with zero attached hydrogens (tertiary/aromatic N) is 1. The van der Waals surface area contributed by atoms with Gasteiger partial charge in [0.2, 0.25) is 10.0 Å². The third-order valence-electron chi connectivity index (χ3n) is 2.19. The maximum absolute atomic E-state index is 12.0. The van der Waals surface area contributed by atoms with Gasteiger partial charge in [0.15, 0.2) is 4.34 Å². The Balaban J connectivity index is 2.55. The van der Waals surface area contributed by atoms with Crippen LogP contribution in [-0.4, -0.2) is 38.1 Å². The summed E-state index contributed by atoms with van der Waals surface area (Å²) >= 11 is 6.20. The number of halogens is 1. The number of nitro groups is 1. The van der Waals surface area contributed by atoms with Gasteiger partial charge < -0.3 is 10.1 Å². The van der Waals surface area contributed by atoms with E-state index < -0.39 is 32.3 Å². The van der Waals surface area contributed by atoms with Crippen molar-refractivity contribution in [2.75, 3.05) is 13.1 Å². The molecule has 12 heteroatoms. The highest BCUT2D eigenvalue weighted by atomic mass is 35.5. The summed E-state index contributed by atoms with van der Waals surface area (Å²) in [5.41, 5.74) is -1.13. The molecule has 1 amide bonds. The molecular formula is C11H16ClN3O6S2. The summed E-state index contributed by atoms with van der Waals surface area (Å²) in [7, 11) is -3.94. The Kier molecular flexibility index (Phi) is 6.33. The lowest BCUT2D eigenvalue weighted by Crippen LogP contribution is -2.37. The normalized spacial score (nSPS) is 12.0. The summed E-state index contributed by atoms with van der Waals surface area (Å²) in [6.07, 6.45) is -0.675. The number of hydrogen-bond donors (Lipinski definition) is 2. The van der Waals surface area contributed by atoms with E-state index in [0.29, 0.717) is 11.3 Å². The van der Waals surface area contributed by atoms with Crippen LogP contribution in [0.15, 0.2) is 10.3 Å². The van der Waals surface area contributed by atoms with E-state index in [0.717, 1.165) is 6.07 Å². The molecule has 2 N–H and O–H groups in total. The maximum atomic E-state index is 12.0. The lowest BCUT2D eigenvalue weighted by atomic mass is 10.2. The minimum atomic E-state index is -3.94. The first-order valence-corrected chi connectivity index (χ1v) is 9.00. The van der Waals surface area contributed by atoms with Gasteiger partial charge in [-0.05, 0) is 20.8 Å². The summed E-state index contributed by atoms with van der Waals surface area (Å²) < 4.78 is 30.6. The molecule has 0 aliphatic heterocycles. The zero-order chi connectivity index (χ0) is 17.8. The number of hydrogen-bond acceptors (Lipinski definition) is 7. The van der Waals surface area contributed by atoms with Crippen LogP contribution in [0.4, 0.5) is 10.5 Å². The third kappa shape index (κ3) is 6.29. The fourth-order valence-corrected chi connectivity index (χ4v) is 4.07. The first-order chi connectivity index (χ1) is 10.4. The molecule has 0 saturated heterocycles. The lowest BCUT2D eigenvalue weighted by molar-refractivity contribution is -0.384. The van der Waals surface area contributed by atoms with Gasteiger partial charge in [-0.15, -0.1) is 11.3 Å². The molecule has 9 nitrogen and oxygen atoms in total. The Hall–Kier alpha value is -1.43. The second-order valence-electron chi connectivity index (χ2n) is 5.31. The summed E-state index contributed by atoms with van der Waals surface area (Å²) in [5.74, 6) is 0. The van der Waals surface area contributed by atoms with Crippen LogP contribution >= 0.6 is 22.9 Å².